The Balaban J connectivity index is 2.21. The maximum Gasteiger partial charge on any atom is 0.255 e. The molecule has 0 saturated heterocycles. The molecule has 5 heteroatoms. The Kier molecular flexibility index (Phi) is 5.00. The Labute approximate surface area is 123 Å². The molecule has 3 nitrogen and oxygen atoms in total. The van der Waals surface area contributed by atoms with Gasteiger partial charge in [-0.25, -0.2) is 4.39 Å². The molecule has 0 bridgehead atoms. The molecular formula is C15H20ClFN2O. The first-order chi connectivity index (χ1) is 9.56. The third kappa shape index (κ3) is 2.96. The van der Waals surface area contributed by atoms with Gasteiger partial charge in [0, 0.05) is 13.1 Å². The van der Waals surface area contributed by atoms with E-state index in [-0.39, 0.29) is 22.5 Å². The minimum absolute atomic E-state index is 0.107. The number of hydrogen-bond acceptors (Lipinski definition) is 2. The number of nitrogens with zero attached hydrogens (tertiary/aromatic N) is 1. The Morgan fingerprint density at radius 3 is 2.85 bits per heavy atom. The summed E-state index contributed by atoms with van der Waals surface area (Å²) in [6.07, 6.45) is 4.23. The molecule has 110 valence electrons. The first kappa shape index (κ1) is 15.3. The molecule has 2 unspecified atom stereocenters. The maximum absolute atomic E-state index is 13.5. The molecule has 1 aromatic carbocycles. The predicted octanol–water partition coefficient (Wildman–Crippen LogP) is 3.07. The molecule has 0 aromatic heterocycles. The molecule has 2 N–H and O–H groups in total. The van der Waals surface area contributed by atoms with Crippen molar-refractivity contribution in [1.82, 2.24) is 4.90 Å². The molecule has 1 aromatic rings. The molecule has 1 aliphatic rings. The summed E-state index contributed by atoms with van der Waals surface area (Å²) in [6.45, 7) is 0.569. The van der Waals surface area contributed by atoms with Gasteiger partial charge in [-0.05, 0) is 37.4 Å². The molecule has 0 aliphatic heterocycles. The molecule has 0 radical (unpaired) electrons. The maximum atomic E-state index is 13.5. The van der Waals surface area contributed by atoms with Crippen molar-refractivity contribution in [2.24, 2.45) is 11.7 Å². The standard InChI is InChI=1S/C15H20ClFN2O/c1-19(13-8-3-2-5-10(13)9-18)15(20)11-6-4-7-12(17)14(11)16/h4,6-7,10,13H,2-3,5,8-9,18H2,1H3. The number of nitrogens with two attached hydrogens (primary N) is 1. The van der Waals surface area contributed by atoms with E-state index < -0.39 is 5.82 Å². The van der Waals surface area contributed by atoms with Gasteiger partial charge in [-0.3, -0.25) is 4.79 Å². The second-order valence-corrected chi connectivity index (χ2v) is 5.74. The highest BCUT2D eigenvalue weighted by molar-refractivity contribution is 6.34. The van der Waals surface area contributed by atoms with Crippen LogP contribution in [0.25, 0.3) is 0 Å². The van der Waals surface area contributed by atoms with Gasteiger partial charge in [-0.15, -0.1) is 0 Å². The fourth-order valence-corrected chi connectivity index (χ4v) is 3.19. The van der Waals surface area contributed by atoms with Gasteiger partial charge in [-0.2, -0.15) is 0 Å². The van der Waals surface area contributed by atoms with Gasteiger partial charge in [0.2, 0.25) is 0 Å². The van der Waals surface area contributed by atoms with Crippen LogP contribution >= 0.6 is 11.6 Å². The van der Waals surface area contributed by atoms with E-state index >= 15 is 0 Å². The summed E-state index contributed by atoms with van der Waals surface area (Å²) in [5.41, 5.74) is 6.02. The molecular weight excluding hydrogens is 279 g/mol. The summed E-state index contributed by atoms with van der Waals surface area (Å²) in [6, 6.07) is 4.43. The van der Waals surface area contributed by atoms with E-state index in [0.29, 0.717) is 12.5 Å². The van der Waals surface area contributed by atoms with Crippen LogP contribution in [-0.2, 0) is 0 Å². The van der Waals surface area contributed by atoms with Gasteiger partial charge in [0.1, 0.15) is 5.82 Å². The lowest BCUT2D eigenvalue weighted by Crippen LogP contribution is -2.46. The van der Waals surface area contributed by atoms with E-state index in [1.54, 1.807) is 18.0 Å². The van der Waals surface area contributed by atoms with Crippen molar-refractivity contribution in [3.8, 4) is 0 Å². The molecule has 0 spiro atoms. The van der Waals surface area contributed by atoms with Crippen LogP contribution in [0.5, 0.6) is 0 Å². The lowest BCUT2D eigenvalue weighted by molar-refractivity contribution is 0.0620. The minimum Gasteiger partial charge on any atom is -0.338 e. The Bertz CT molecular complexity index is 495. The lowest BCUT2D eigenvalue weighted by atomic mass is 9.83. The van der Waals surface area contributed by atoms with Gasteiger partial charge >= 0.3 is 0 Å². The molecule has 1 aliphatic carbocycles. The number of halogens is 2. The van der Waals surface area contributed by atoms with Crippen LogP contribution in [0.15, 0.2) is 18.2 Å². The summed E-state index contributed by atoms with van der Waals surface area (Å²) in [7, 11) is 1.75. The summed E-state index contributed by atoms with van der Waals surface area (Å²) in [4.78, 5) is 14.2. The molecule has 20 heavy (non-hydrogen) atoms. The van der Waals surface area contributed by atoms with Crippen LogP contribution in [0.1, 0.15) is 36.0 Å². The van der Waals surface area contributed by atoms with Crippen LogP contribution in [0, 0.1) is 11.7 Å². The van der Waals surface area contributed by atoms with Crippen molar-refractivity contribution >= 4 is 17.5 Å². The van der Waals surface area contributed by atoms with E-state index in [1.165, 1.54) is 12.1 Å². The van der Waals surface area contributed by atoms with E-state index in [4.69, 9.17) is 17.3 Å². The fraction of sp³-hybridized carbons (Fsp3) is 0.533. The van der Waals surface area contributed by atoms with Crippen molar-refractivity contribution in [3.63, 3.8) is 0 Å². The van der Waals surface area contributed by atoms with Crippen molar-refractivity contribution in [2.75, 3.05) is 13.6 Å². The van der Waals surface area contributed by atoms with E-state index in [1.807, 2.05) is 0 Å². The van der Waals surface area contributed by atoms with E-state index in [2.05, 4.69) is 0 Å². The summed E-state index contributed by atoms with van der Waals surface area (Å²) < 4.78 is 13.5. The first-order valence-corrected chi connectivity index (χ1v) is 7.35. The predicted molar refractivity (Wildman–Crippen MR) is 78.3 cm³/mol. The Morgan fingerprint density at radius 2 is 2.15 bits per heavy atom. The summed E-state index contributed by atoms with van der Waals surface area (Å²) >= 11 is 5.89. The van der Waals surface area contributed by atoms with Gasteiger partial charge in [-0.1, -0.05) is 30.5 Å². The third-order valence-electron chi connectivity index (χ3n) is 4.17. The molecule has 1 amide bonds. The first-order valence-electron chi connectivity index (χ1n) is 6.97. The second-order valence-electron chi connectivity index (χ2n) is 5.37. The largest absolute Gasteiger partial charge is 0.338 e. The molecule has 2 rings (SSSR count). The van der Waals surface area contributed by atoms with Crippen LogP contribution in [0.3, 0.4) is 0 Å². The van der Waals surface area contributed by atoms with Gasteiger partial charge in [0.05, 0.1) is 10.6 Å². The molecule has 0 heterocycles. The zero-order valence-corrected chi connectivity index (χ0v) is 12.4. The van der Waals surface area contributed by atoms with E-state index in [9.17, 15) is 9.18 Å². The van der Waals surface area contributed by atoms with E-state index in [0.717, 1.165) is 25.7 Å². The zero-order chi connectivity index (χ0) is 14.7. The monoisotopic (exact) mass is 298 g/mol. The van der Waals surface area contributed by atoms with Crippen LogP contribution in [0.2, 0.25) is 5.02 Å². The number of carbonyl (C=O) groups excluding carboxylic acids is 1. The summed E-state index contributed by atoms with van der Waals surface area (Å²) in [5, 5.41) is -0.107. The fourth-order valence-electron chi connectivity index (χ4n) is 2.98. The summed E-state index contributed by atoms with van der Waals surface area (Å²) in [5.74, 6) is -0.491. The van der Waals surface area contributed by atoms with Crippen molar-refractivity contribution in [1.29, 1.82) is 0 Å². The highest BCUT2D eigenvalue weighted by Gasteiger charge is 2.31. The quantitative estimate of drug-likeness (QED) is 0.932. The topological polar surface area (TPSA) is 46.3 Å². The normalized spacial score (nSPS) is 22.6. The molecule has 1 fully saturated rings. The SMILES string of the molecule is CN(C(=O)c1cccc(F)c1Cl)C1CCCCC1CN. The minimum atomic E-state index is -0.565. The third-order valence-corrected chi connectivity index (χ3v) is 4.56. The Morgan fingerprint density at radius 1 is 1.45 bits per heavy atom. The zero-order valence-electron chi connectivity index (χ0n) is 11.6. The Hall–Kier alpha value is -1.13. The number of amides is 1. The lowest BCUT2D eigenvalue weighted by Gasteiger charge is -2.37. The van der Waals surface area contributed by atoms with Crippen LogP contribution in [-0.4, -0.2) is 30.4 Å². The van der Waals surface area contributed by atoms with Gasteiger partial charge < -0.3 is 10.6 Å². The smallest absolute Gasteiger partial charge is 0.255 e. The van der Waals surface area contributed by atoms with Gasteiger partial charge in [0.25, 0.3) is 5.91 Å². The van der Waals surface area contributed by atoms with Crippen LogP contribution in [0.4, 0.5) is 4.39 Å². The van der Waals surface area contributed by atoms with Crippen molar-refractivity contribution in [3.05, 3.63) is 34.6 Å². The molecule has 1 saturated carbocycles. The second kappa shape index (κ2) is 6.55. The highest BCUT2D eigenvalue weighted by Crippen LogP contribution is 2.29. The van der Waals surface area contributed by atoms with Gasteiger partial charge in [0.15, 0.2) is 0 Å². The number of carbonyl (C=O) groups is 1. The van der Waals surface area contributed by atoms with Crippen molar-refractivity contribution in [2.45, 2.75) is 31.7 Å². The average molecular weight is 299 g/mol. The van der Waals surface area contributed by atoms with Crippen molar-refractivity contribution < 1.29 is 9.18 Å². The number of benzene rings is 1. The average Bonchev–Trinajstić information content (AvgIpc) is 2.48. The number of rotatable bonds is 3. The highest BCUT2D eigenvalue weighted by atomic mass is 35.5. The number of hydrogen-bond donors (Lipinski definition) is 1. The molecule has 2 atom stereocenters. The van der Waals surface area contributed by atoms with Crippen LogP contribution < -0.4 is 5.73 Å².